The molecule has 1 N–H and O–H groups in total. The summed E-state index contributed by atoms with van der Waals surface area (Å²) in [5.41, 5.74) is 0.654. The molecule has 0 saturated carbocycles. The van der Waals surface area contributed by atoms with E-state index in [1.807, 2.05) is 18.2 Å². The zero-order valence-corrected chi connectivity index (χ0v) is 12.2. The van der Waals surface area contributed by atoms with Gasteiger partial charge >= 0.3 is 0 Å². The van der Waals surface area contributed by atoms with Crippen LogP contribution in [-0.4, -0.2) is 40.7 Å². The van der Waals surface area contributed by atoms with E-state index in [1.165, 1.54) is 11.8 Å². The minimum atomic E-state index is -0.0519. The van der Waals surface area contributed by atoms with E-state index in [9.17, 15) is 4.79 Å². The van der Waals surface area contributed by atoms with Crippen molar-refractivity contribution in [2.75, 3.05) is 26.1 Å². The summed E-state index contributed by atoms with van der Waals surface area (Å²) in [6.07, 6.45) is 0.539. The van der Waals surface area contributed by atoms with Gasteiger partial charge in [0.25, 0.3) is 5.56 Å². The SMILES string of the molecule is COCCSc1nc2ccccc2c(=O)n1CCCO. The number of aliphatic hydroxyl groups is 1. The Kier molecular flexibility index (Phi) is 5.58. The third kappa shape index (κ3) is 3.39. The van der Waals surface area contributed by atoms with Gasteiger partial charge in [0.2, 0.25) is 0 Å². The number of methoxy groups -OCH3 is 1. The summed E-state index contributed by atoms with van der Waals surface area (Å²) >= 11 is 1.50. The highest BCUT2D eigenvalue weighted by molar-refractivity contribution is 7.99. The van der Waals surface area contributed by atoms with E-state index in [4.69, 9.17) is 9.84 Å². The Morgan fingerprint density at radius 3 is 2.95 bits per heavy atom. The fourth-order valence-corrected chi connectivity index (χ4v) is 2.83. The number of aliphatic hydroxyl groups excluding tert-OH is 1. The maximum Gasteiger partial charge on any atom is 0.262 e. The second-order valence-corrected chi connectivity index (χ2v) is 5.35. The predicted octanol–water partition coefficient (Wildman–Crippen LogP) is 1.52. The van der Waals surface area contributed by atoms with Crippen LogP contribution in [0.3, 0.4) is 0 Å². The van der Waals surface area contributed by atoms with E-state index in [1.54, 1.807) is 17.7 Å². The fraction of sp³-hybridized carbons (Fsp3) is 0.429. The Morgan fingerprint density at radius 2 is 2.20 bits per heavy atom. The average Bonchev–Trinajstić information content (AvgIpc) is 2.47. The van der Waals surface area contributed by atoms with E-state index >= 15 is 0 Å². The number of ether oxygens (including phenoxy) is 1. The molecule has 0 atom stereocenters. The lowest BCUT2D eigenvalue weighted by Gasteiger charge is -2.12. The highest BCUT2D eigenvalue weighted by Crippen LogP contribution is 2.17. The highest BCUT2D eigenvalue weighted by Gasteiger charge is 2.10. The first-order chi connectivity index (χ1) is 9.77. The van der Waals surface area contributed by atoms with Crippen molar-refractivity contribution >= 4 is 22.7 Å². The Hall–Kier alpha value is -1.37. The van der Waals surface area contributed by atoms with Gasteiger partial charge in [-0.1, -0.05) is 23.9 Å². The summed E-state index contributed by atoms with van der Waals surface area (Å²) in [7, 11) is 1.65. The van der Waals surface area contributed by atoms with Gasteiger partial charge < -0.3 is 9.84 Å². The lowest BCUT2D eigenvalue weighted by molar-refractivity contribution is 0.218. The molecule has 2 rings (SSSR count). The van der Waals surface area contributed by atoms with Gasteiger partial charge in [0.1, 0.15) is 0 Å². The minimum Gasteiger partial charge on any atom is -0.396 e. The van der Waals surface area contributed by atoms with Gasteiger partial charge in [0.05, 0.1) is 17.5 Å². The Morgan fingerprint density at radius 1 is 1.40 bits per heavy atom. The standard InChI is InChI=1S/C14H18N2O3S/c1-19-9-10-20-14-15-12-6-3-2-5-11(12)13(18)16(14)7-4-8-17/h2-3,5-6,17H,4,7-10H2,1H3. The van der Waals surface area contributed by atoms with E-state index < -0.39 is 0 Å². The molecule has 0 aliphatic heterocycles. The summed E-state index contributed by atoms with van der Waals surface area (Å²) in [4.78, 5) is 17.0. The van der Waals surface area contributed by atoms with Crippen LogP contribution in [-0.2, 0) is 11.3 Å². The molecule has 5 nitrogen and oxygen atoms in total. The number of hydrogen-bond donors (Lipinski definition) is 1. The van der Waals surface area contributed by atoms with Crippen LogP contribution in [0.2, 0.25) is 0 Å². The Balaban J connectivity index is 2.43. The summed E-state index contributed by atoms with van der Waals surface area (Å²) in [6, 6.07) is 7.33. The molecular formula is C14H18N2O3S. The van der Waals surface area contributed by atoms with Crippen LogP contribution in [0.25, 0.3) is 10.9 Å². The van der Waals surface area contributed by atoms with Crippen LogP contribution in [0.5, 0.6) is 0 Å². The molecule has 0 unspecified atom stereocenters. The first-order valence-electron chi connectivity index (χ1n) is 6.50. The van der Waals surface area contributed by atoms with Crippen LogP contribution in [0, 0.1) is 0 Å². The number of fused-ring (bicyclic) bond motifs is 1. The van der Waals surface area contributed by atoms with Gasteiger partial charge in [0.15, 0.2) is 5.16 Å². The van der Waals surface area contributed by atoms with Crippen molar-refractivity contribution in [2.45, 2.75) is 18.1 Å². The van der Waals surface area contributed by atoms with Crippen LogP contribution >= 0.6 is 11.8 Å². The summed E-state index contributed by atoms with van der Waals surface area (Å²) in [6.45, 7) is 1.14. The molecule has 1 heterocycles. The quantitative estimate of drug-likeness (QED) is 0.476. The number of aromatic nitrogens is 2. The number of hydrogen-bond acceptors (Lipinski definition) is 5. The minimum absolute atomic E-state index is 0.0519. The van der Waals surface area contributed by atoms with Gasteiger partial charge in [0, 0.05) is 26.0 Å². The second-order valence-electron chi connectivity index (χ2n) is 4.29. The largest absolute Gasteiger partial charge is 0.396 e. The van der Waals surface area contributed by atoms with E-state index in [0.29, 0.717) is 35.6 Å². The van der Waals surface area contributed by atoms with E-state index in [0.717, 1.165) is 5.75 Å². The van der Waals surface area contributed by atoms with E-state index in [-0.39, 0.29) is 12.2 Å². The second kappa shape index (κ2) is 7.42. The van der Waals surface area contributed by atoms with Gasteiger partial charge in [-0.05, 0) is 18.6 Å². The van der Waals surface area contributed by atoms with Crippen molar-refractivity contribution < 1.29 is 9.84 Å². The molecule has 0 aliphatic carbocycles. The normalized spacial score (nSPS) is 11.1. The van der Waals surface area contributed by atoms with Gasteiger partial charge in [-0.25, -0.2) is 4.98 Å². The zero-order chi connectivity index (χ0) is 14.4. The Bertz CT molecular complexity index is 627. The first-order valence-corrected chi connectivity index (χ1v) is 7.48. The van der Waals surface area contributed by atoms with Crippen LogP contribution in [0.1, 0.15) is 6.42 Å². The monoisotopic (exact) mass is 294 g/mol. The average molecular weight is 294 g/mol. The molecule has 0 bridgehead atoms. The molecule has 1 aromatic heterocycles. The van der Waals surface area contributed by atoms with Crippen LogP contribution in [0.15, 0.2) is 34.2 Å². The number of thioether (sulfide) groups is 1. The number of benzene rings is 1. The van der Waals surface area contributed by atoms with Crippen molar-refractivity contribution in [2.24, 2.45) is 0 Å². The van der Waals surface area contributed by atoms with Crippen LogP contribution < -0.4 is 5.56 Å². The molecule has 20 heavy (non-hydrogen) atoms. The zero-order valence-electron chi connectivity index (χ0n) is 11.4. The summed E-state index contributed by atoms with van der Waals surface area (Å²) in [5, 5.41) is 10.3. The molecule has 0 radical (unpaired) electrons. The molecule has 0 fully saturated rings. The first kappa shape index (κ1) is 15.0. The topological polar surface area (TPSA) is 64.3 Å². The molecule has 6 heteroatoms. The Labute approximate surface area is 121 Å². The van der Waals surface area contributed by atoms with Gasteiger partial charge in [-0.3, -0.25) is 9.36 Å². The van der Waals surface area contributed by atoms with Gasteiger partial charge in [-0.2, -0.15) is 0 Å². The third-order valence-corrected chi connectivity index (χ3v) is 3.83. The molecule has 0 saturated heterocycles. The number of nitrogens with zero attached hydrogens (tertiary/aromatic N) is 2. The summed E-state index contributed by atoms with van der Waals surface area (Å²) < 4.78 is 6.66. The van der Waals surface area contributed by atoms with Crippen molar-refractivity contribution in [3.63, 3.8) is 0 Å². The number of para-hydroxylation sites is 1. The maximum absolute atomic E-state index is 12.5. The van der Waals surface area contributed by atoms with Crippen molar-refractivity contribution in [1.29, 1.82) is 0 Å². The smallest absolute Gasteiger partial charge is 0.262 e. The van der Waals surface area contributed by atoms with Crippen LogP contribution in [0.4, 0.5) is 0 Å². The number of rotatable bonds is 7. The molecular weight excluding hydrogens is 276 g/mol. The van der Waals surface area contributed by atoms with Crippen molar-refractivity contribution in [1.82, 2.24) is 9.55 Å². The molecule has 0 amide bonds. The molecule has 1 aromatic carbocycles. The molecule has 108 valence electrons. The van der Waals surface area contributed by atoms with Crippen molar-refractivity contribution in [3.8, 4) is 0 Å². The maximum atomic E-state index is 12.5. The third-order valence-electron chi connectivity index (χ3n) is 2.89. The van der Waals surface area contributed by atoms with Gasteiger partial charge in [-0.15, -0.1) is 0 Å². The fourth-order valence-electron chi connectivity index (χ4n) is 1.90. The molecule has 0 aliphatic rings. The predicted molar refractivity (Wildman–Crippen MR) is 80.3 cm³/mol. The lowest BCUT2D eigenvalue weighted by atomic mass is 10.2. The van der Waals surface area contributed by atoms with E-state index in [2.05, 4.69) is 4.98 Å². The molecule has 2 aromatic rings. The molecule has 0 spiro atoms. The highest BCUT2D eigenvalue weighted by atomic mass is 32.2. The lowest BCUT2D eigenvalue weighted by Crippen LogP contribution is -2.24. The summed E-state index contributed by atoms with van der Waals surface area (Å²) in [5.74, 6) is 0.737. The van der Waals surface area contributed by atoms with Crippen molar-refractivity contribution in [3.05, 3.63) is 34.6 Å².